The van der Waals surface area contributed by atoms with Crippen molar-refractivity contribution in [1.82, 2.24) is 19.6 Å². The molecule has 0 unspecified atom stereocenters. The second-order valence-electron chi connectivity index (χ2n) is 7.71. The first-order valence-corrected chi connectivity index (χ1v) is 11.7. The molecule has 162 valence electrons. The molecule has 9 heteroatoms. The molecule has 1 saturated heterocycles. The molecular weight excluding hydrogens is 402 g/mol. The number of hydrogen-bond donors (Lipinski definition) is 1. The minimum atomic E-state index is -3.59. The first-order valence-electron chi connectivity index (χ1n) is 10.2. The molecule has 0 radical (unpaired) electrons. The van der Waals surface area contributed by atoms with Crippen LogP contribution in [0, 0.1) is 6.92 Å². The van der Waals surface area contributed by atoms with E-state index in [1.54, 1.807) is 23.1 Å². The van der Waals surface area contributed by atoms with Crippen molar-refractivity contribution in [3.8, 4) is 0 Å². The summed E-state index contributed by atoms with van der Waals surface area (Å²) >= 11 is 0. The van der Waals surface area contributed by atoms with Gasteiger partial charge in [-0.2, -0.15) is 0 Å². The summed E-state index contributed by atoms with van der Waals surface area (Å²) in [7, 11) is -3.59. The van der Waals surface area contributed by atoms with E-state index in [4.69, 9.17) is 0 Å². The van der Waals surface area contributed by atoms with Crippen LogP contribution in [0.3, 0.4) is 0 Å². The summed E-state index contributed by atoms with van der Waals surface area (Å²) in [4.78, 5) is 25.8. The number of rotatable bonds is 7. The quantitative estimate of drug-likeness (QED) is 0.720. The van der Waals surface area contributed by atoms with Gasteiger partial charge in [0.05, 0.1) is 4.90 Å². The van der Waals surface area contributed by atoms with Crippen molar-refractivity contribution < 1.29 is 13.2 Å². The second kappa shape index (κ2) is 9.53. The molecule has 0 bridgehead atoms. The highest BCUT2D eigenvalue weighted by Gasteiger charge is 2.23. The van der Waals surface area contributed by atoms with Crippen LogP contribution in [0.4, 0.5) is 5.82 Å². The van der Waals surface area contributed by atoms with Gasteiger partial charge in [0.2, 0.25) is 15.9 Å². The zero-order valence-electron chi connectivity index (χ0n) is 17.7. The number of aryl methyl sites for hydroxylation is 1. The summed E-state index contributed by atoms with van der Waals surface area (Å²) < 4.78 is 27.0. The van der Waals surface area contributed by atoms with Gasteiger partial charge in [-0.1, -0.05) is 32.0 Å². The summed E-state index contributed by atoms with van der Waals surface area (Å²) in [5, 5.41) is 0. The zero-order valence-corrected chi connectivity index (χ0v) is 18.5. The Balaban J connectivity index is 1.50. The van der Waals surface area contributed by atoms with Crippen molar-refractivity contribution in [3.05, 3.63) is 47.9 Å². The lowest BCUT2D eigenvalue weighted by atomic mass is 10.2. The number of anilines is 1. The third-order valence-corrected chi connectivity index (χ3v) is 6.49. The molecule has 3 rings (SSSR count). The van der Waals surface area contributed by atoms with Crippen molar-refractivity contribution in [2.45, 2.75) is 38.0 Å². The summed E-state index contributed by atoms with van der Waals surface area (Å²) in [5.41, 5.74) is 0.938. The van der Waals surface area contributed by atoms with Gasteiger partial charge in [-0.05, 0) is 19.1 Å². The van der Waals surface area contributed by atoms with Crippen molar-refractivity contribution in [2.24, 2.45) is 0 Å². The second-order valence-corrected chi connectivity index (χ2v) is 9.48. The predicted molar refractivity (Wildman–Crippen MR) is 116 cm³/mol. The number of carbonyl (C=O) groups excluding carboxylic acids is 1. The standard InChI is InChI=1S/C21H29N5O3S/c1-16(2)21-23-17(3)15-19(24-21)25-11-13-26(14-12-25)20(27)9-10-22-30(28,29)18-7-5-4-6-8-18/h4-8,15-16,22H,9-14H2,1-3H3. The van der Waals surface area contributed by atoms with E-state index in [2.05, 4.69) is 33.4 Å². The van der Waals surface area contributed by atoms with Crippen LogP contribution in [0.25, 0.3) is 0 Å². The fraction of sp³-hybridized carbons (Fsp3) is 0.476. The highest BCUT2D eigenvalue weighted by atomic mass is 32.2. The topological polar surface area (TPSA) is 95.5 Å². The number of piperazine rings is 1. The Hall–Kier alpha value is -2.52. The van der Waals surface area contributed by atoms with Gasteiger partial charge in [-0.15, -0.1) is 0 Å². The van der Waals surface area contributed by atoms with Crippen LogP contribution in [0.15, 0.2) is 41.3 Å². The average molecular weight is 432 g/mol. The van der Waals surface area contributed by atoms with E-state index in [9.17, 15) is 13.2 Å². The smallest absolute Gasteiger partial charge is 0.240 e. The molecule has 0 atom stereocenters. The first-order chi connectivity index (χ1) is 14.3. The van der Waals surface area contributed by atoms with E-state index in [1.165, 1.54) is 12.1 Å². The Kier molecular flexibility index (Phi) is 7.04. The van der Waals surface area contributed by atoms with E-state index >= 15 is 0 Å². The number of benzene rings is 1. The van der Waals surface area contributed by atoms with Crippen molar-refractivity contribution in [1.29, 1.82) is 0 Å². The first kappa shape index (κ1) is 22.2. The van der Waals surface area contributed by atoms with Crippen molar-refractivity contribution in [3.63, 3.8) is 0 Å². The molecule has 0 saturated carbocycles. The van der Waals surface area contributed by atoms with Gasteiger partial charge < -0.3 is 9.80 Å². The van der Waals surface area contributed by atoms with Crippen molar-refractivity contribution >= 4 is 21.7 Å². The molecule has 1 amide bonds. The molecule has 0 spiro atoms. The molecule has 1 aliphatic heterocycles. The van der Waals surface area contributed by atoms with Crippen LogP contribution in [0.1, 0.15) is 37.7 Å². The van der Waals surface area contributed by atoms with Crippen LogP contribution in [-0.4, -0.2) is 61.9 Å². The number of sulfonamides is 1. The Morgan fingerprint density at radius 3 is 2.40 bits per heavy atom. The number of carbonyl (C=O) groups is 1. The Labute approximate surface area is 178 Å². The maximum atomic E-state index is 12.5. The number of nitrogens with zero attached hydrogens (tertiary/aromatic N) is 4. The van der Waals surface area contributed by atoms with Crippen LogP contribution in [0.2, 0.25) is 0 Å². The summed E-state index contributed by atoms with van der Waals surface area (Å²) in [6, 6.07) is 10.1. The van der Waals surface area contributed by atoms with Gasteiger partial charge >= 0.3 is 0 Å². The molecule has 2 aromatic rings. The summed E-state index contributed by atoms with van der Waals surface area (Å²) in [6.07, 6.45) is 0.135. The maximum Gasteiger partial charge on any atom is 0.240 e. The average Bonchev–Trinajstić information content (AvgIpc) is 2.74. The third kappa shape index (κ3) is 5.54. The lowest BCUT2D eigenvalue weighted by Gasteiger charge is -2.35. The van der Waals surface area contributed by atoms with E-state index in [0.29, 0.717) is 26.2 Å². The molecule has 30 heavy (non-hydrogen) atoms. The lowest BCUT2D eigenvalue weighted by Crippen LogP contribution is -2.49. The zero-order chi connectivity index (χ0) is 21.7. The molecule has 1 aromatic carbocycles. The molecular formula is C21H29N5O3S. The fourth-order valence-electron chi connectivity index (χ4n) is 3.31. The molecule has 1 aromatic heterocycles. The van der Waals surface area contributed by atoms with Crippen LogP contribution >= 0.6 is 0 Å². The molecule has 8 nitrogen and oxygen atoms in total. The van der Waals surface area contributed by atoms with E-state index in [1.807, 2.05) is 13.0 Å². The predicted octanol–water partition coefficient (Wildman–Crippen LogP) is 1.93. The molecule has 1 fully saturated rings. The monoisotopic (exact) mass is 431 g/mol. The maximum absolute atomic E-state index is 12.5. The number of nitrogens with one attached hydrogen (secondary N) is 1. The van der Waals surface area contributed by atoms with Gasteiger partial charge in [-0.25, -0.2) is 23.1 Å². The van der Waals surface area contributed by atoms with E-state index < -0.39 is 10.0 Å². The summed E-state index contributed by atoms with van der Waals surface area (Å²) in [5.74, 6) is 1.93. The number of aromatic nitrogens is 2. The van der Waals surface area contributed by atoms with Gasteiger partial charge in [0.15, 0.2) is 0 Å². The molecule has 0 aliphatic carbocycles. The third-order valence-electron chi connectivity index (χ3n) is 5.02. The minimum Gasteiger partial charge on any atom is -0.353 e. The number of hydrogen-bond acceptors (Lipinski definition) is 6. The fourth-order valence-corrected chi connectivity index (χ4v) is 4.37. The number of amides is 1. The minimum absolute atomic E-state index is 0.0489. The van der Waals surface area contributed by atoms with Gasteiger partial charge in [0, 0.05) is 56.8 Å². The summed E-state index contributed by atoms with van der Waals surface area (Å²) in [6.45, 7) is 8.74. The van der Waals surface area contributed by atoms with Crippen LogP contribution in [-0.2, 0) is 14.8 Å². The Bertz CT molecular complexity index is 971. The highest BCUT2D eigenvalue weighted by Crippen LogP contribution is 2.19. The lowest BCUT2D eigenvalue weighted by molar-refractivity contribution is -0.131. The SMILES string of the molecule is Cc1cc(N2CCN(C(=O)CCNS(=O)(=O)c3ccccc3)CC2)nc(C(C)C)n1. The molecule has 1 aliphatic rings. The molecule has 2 heterocycles. The highest BCUT2D eigenvalue weighted by molar-refractivity contribution is 7.89. The van der Waals surface area contributed by atoms with Gasteiger partial charge in [0.25, 0.3) is 0 Å². The Morgan fingerprint density at radius 2 is 1.77 bits per heavy atom. The molecule has 1 N–H and O–H groups in total. The van der Waals surface area contributed by atoms with Crippen LogP contribution in [0.5, 0.6) is 0 Å². The van der Waals surface area contributed by atoms with Gasteiger partial charge in [-0.3, -0.25) is 4.79 Å². The normalized spacial score (nSPS) is 14.9. The van der Waals surface area contributed by atoms with Crippen molar-refractivity contribution in [2.75, 3.05) is 37.6 Å². The van der Waals surface area contributed by atoms with Gasteiger partial charge in [0.1, 0.15) is 11.6 Å². The largest absolute Gasteiger partial charge is 0.353 e. The Morgan fingerprint density at radius 1 is 1.10 bits per heavy atom. The van der Waals surface area contributed by atoms with Crippen LogP contribution < -0.4 is 9.62 Å². The van der Waals surface area contributed by atoms with E-state index in [-0.39, 0.29) is 29.7 Å². The van der Waals surface area contributed by atoms with E-state index in [0.717, 1.165) is 17.3 Å².